The smallest absolute Gasteiger partial charge is 0.0464 e. The second kappa shape index (κ2) is 6.62. The van der Waals surface area contributed by atoms with E-state index in [0.717, 1.165) is 11.4 Å². The zero-order chi connectivity index (χ0) is 18.1. The molecule has 128 valence electrons. The van der Waals surface area contributed by atoms with Gasteiger partial charge in [-0.2, -0.15) is 0 Å². The molecule has 27 heavy (non-hydrogen) atoms. The summed E-state index contributed by atoms with van der Waals surface area (Å²) in [6.45, 7) is 0. The van der Waals surface area contributed by atoms with E-state index in [-0.39, 0.29) is 0 Å². The van der Waals surface area contributed by atoms with Crippen LogP contribution in [-0.2, 0) is 0 Å². The summed E-state index contributed by atoms with van der Waals surface area (Å²) in [6.07, 6.45) is 0. The van der Waals surface area contributed by atoms with Crippen molar-refractivity contribution in [2.45, 2.75) is 0 Å². The van der Waals surface area contributed by atoms with Crippen LogP contribution in [0.4, 0.5) is 11.4 Å². The molecule has 0 aliphatic heterocycles. The molecular formula is C26H19N. The summed E-state index contributed by atoms with van der Waals surface area (Å²) in [4.78, 5) is 0. The number of anilines is 2. The molecule has 5 rings (SSSR count). The summed E-state index contributed by atoms with van der Waals surface area (Å²) in [5.41, 5.74) is 4.76. The summed E-state index contributed by atoms with van der Waals surface area (Å²) >= 11 is 0. The van der Waals surface area contributed by atoms with Crippen LogP contribution in [-0.4, -0.2) is 0 Å². The third-order valence-electron chi connectivity index (χ3n) is 5.02. The highest BCUT2D eigenvalue weighted by molar-refractivity contribution is 6.15. The summed E-state index contributed by atoms with van der Waals surface area (Å²) in [7, 11) is 0. The molecule has 1 N–H and O–H groups in total. The number of nitrogens with one attached hydrogen (secondary N) is 1. The van der Waals surface area contributed by atoms with Crippen LogP contribution in [0, 0.1) is 0 Å². The number of rotatable bonds is 3. The van der Waals surface area contributed by atoms with E-state index in [2.05, 4.69) is 108 Å². The maximum atomic E-state index is 3.59. The molecule has 0 amide bonds. The highest BCUT2D eigenvalue weighted by Gasteiger charge is 2.12. The molecule has 0 aliphatic carbocycles. The van der Waals surface area contributed by atoms with E-state index in [4.69, 9.17) is 0 Å². The first-order chi connectivity index (χ1) is 13.4. The number of hydrogen-bond donors (Lipinski definition) is 1. The topological polar surface area (TPSA) is 12.0 Å². The Kier molecular flexibility index (Phi) is 3.84. The lowest BCUT2D eigenvalue weighted by atomic mass is 9.91. The molecule has 0 saturated heterocycles. The number of fused-ring (bicyclic) bond motifs is 2. The Hall–Kier alpha value is -3.58. The Morgan fingerprint density at radius 2 is 1.15 bits per heavy atom. The molecule has 0 bridgehead atoms. The first kappa shape index (κ1) is 15.7. The van der Waals surface area contributed by atoms with Gasteiger partial charge in [0, 0.05) is 16.8 Å². The first-order valence-electron chi connectivity index (χ1n) is 9.22. The van der Waals surface area contributed by atoms with E-state index in [1.165, 1.54) is 32.7 Å². The number of hydrogen-bond acceptors (Lipinski definition) is 1. The molecule has 0 fully saturated rings. The summed E-state index contributed by atoms with van der Waals surface area (Å²) in [5, 5.41) is 8.63. The van der Waals surface area contributed by atoms with Crippen molar-refractivity contribution in [1.82, 2.24) is 0 Å². The van der Waals surface area contributed by atoms with Crippen molar-refractivity contribution in [3.05, 3.63) is 109 Å². The Morgan fingerprint density at radius 1 is 0.481 bits per heavy atom. The largest absolute Gasteiger partial charge is 0.355 e. The van der Waals surface area contributed by atoms with Crippen LogP contribution in [0.25, 0.3) is 32.7 Å². The molecule has 1 nitrogen and oxygen atoms in total. The van der Waals surface area contributed by atoms with Gasteiger partial charge in [0.1, 0.15) is 0 Å². The highest BCUT2D eigenvalue weighted by atomic mass is 14.9. The molecule has 0 atom stereocenters. The second-order valence-electron chi connectivity index (χ2n) is 6.73. The molecule has 1 heteroatoms. The monoisotopic (exact) mass is 345 g/mol. The molecule has 0 aliphatic rings. The van der Waals surface area contributed by atoms with Crippen molar-refractivity contribution >= 4 is 32.9 Å². The van der Waals surface area contributed by atoms with Crippen molar-refractivity contribution in [2.24, 2.45) is 0 Å². The van der Waals surface area contributed by atoms with Crippen molar-refractivity contribution in [1.29, 1.82) is 0 Å². The molecule has 0 aromatic heterocycles. The van der Waals surface area contributed by atoms with Crippen LogP contribution in [0.15, 0.2) is 109 Å². The van der Waals surface area contributed by atoms with Gasteiger partial charge in [-0.3, -0.25) is 0 Å². The molecule has 0 unspecified atom stereocenters. The molecule has 0 radical (unpaired) electrons. The lowest BCUT2D eigenvalue weighted by Gasteiger charge is -2.16. The first-order valence-corrected chi connectivity index (χ1v) is 9.22. The van der Waals surface area contributed by atoms with Crippen LogP contribution in [0.5, 0.6) is 0 Å². The molecule has 5 aromatic carbocycles. The van der Waals surface area contributed by atoms with Crippen LogP contribution in [0.1, 0.15) is 0 Å². The minimum absolute atomic E-state index is 1.10. The van der Waals surface area contributed by atoms with Gasteiger partial charge in [-0.25, -0.2) is 0 Å². The minimum atomic E-state index is 1.10. The van der Waals surface area contributed by atoms with E-state index in [9.17, 15) is 0 Å². The van der Waals surface area contributed by atoms with Crippen LogP contribution < -0.4 is 5.32 Å². The van der Waals surface area contributed by atoms with E-state index in [1.54, 1.807) is 0 Å². The standard InChI is InChI=1S/C26H19N/c1-3-10-19(11-4-1)26-22-15-8-7-12-20(22)18-24-23(26)16-9-17-25(24)27-21-13-5-2-6-14-21/h1-18,27H. The quantitative estimate of drug-likeness (QED) is 0.336. The summed E-state index contributed by atoms with van der Waals surface area (Å²) < 4.78 is 0. The predicted molar refractivity (Wildman–Crippen MR) is 117 cm³/mol. The molecule has 0 heterocycles. The Balaban J connectivity index is 1.82. The van der Waals surface area contributed by atoms with Gasteiger partial charge in [0.15, 0.2) is 0 Å². The van der Waals surface area contributed by atoms with Gasteiger partial charge in [0.05, 0.1) is 0 Å². The van der Waals surface area contributed by atoms with Gasteiger partial charge < -0.3 is 5.32 Å². The Morgan fingerprint density at radius 3 is 1.96 bits per heavy atom. The maximum absolute atomic E-state index is 3.59. The zero-order valence-corrected chi connectivity index (χ0v) is 14.9. The normalized spacial score (nSPS) is 11.0. The molecular weight excluding hydrogens is 326 g/mol. The average molecular weight is 345 g/mol. The van der Waals surface area contributed by atoms with Crippen LogP contribution in [0.3, 0.4) is 0 Å². The van der Waals surface area contributed by atoms with Crippen molar-refractivity contribution < 1.29 is 0 Å². The van der Waals surface area contributed by atoms with Gasteiger partial charge in [0.25, 0.3) is 0 Å². The fourth-order valence-corrected chi connectivity index (χ4v) is 3.79. The zero-order valence-electron chi connectivity index (χ0n) is 14.9. The summed E-state index contributed by atoms with van der Waals surface area (Å²) in [5.74, 6) is 0. The Bertz CT molecular complexity index is 1220. The molecule has 5 aromatic rings. The third kappa shape index (κ3) is 2.84. The van der Waals surface area contributed by atoms with Gasteiger partial charge in [0.2, 0.25) is 0 Å². The SMILES string of the molecule is c1ccc(Nc2cccc3c(-c4ccccc4)c4ccccc4cc23)cc1. The van der Waals surface area contributed by atoms with Gasteiger partial charge in [-0.05, 0) is 51.6 Å². The lowest BCUT2D eigenvalue weighted by Crippen LogP contribution is -1.93. The molecule has 0 saturated carbocycles. The van der Waals surface area contributed by atoms with Gasteiger partial charge in [-0.15, -0.1) is 0 Å². The van der Waals surface area contributed by atoms with Crippen molar-refractivity contribution in [3.63, 3.8) is 0 Å². The highest BCUT2D eigenvalue weighted by Crippen LogP contribution is 2.39. The minimum Gasteiger partial charge on any atom is -0.355 e. The van der Waals surface area contributed by atoms with Gasteiger partial charge in [-0.1, -0.05) is 84.9 Å². The predicted octanol–water partition coefficient (Wildman–Crippen LogP) is 7.40. The Labute approximate surface area is 158 Å². The third-order valence-corrected chi connectivity index (χ3v) is 5.02. The van der Waals surface area contributed by atoms with Crippen LogP contribution >= 0.6 is 0 Å². The van der Waals surface area contributed by atoms with E-state index >= 15 is 0 Å². The van der Waals surface area contributed by atoms with E-state index in [0.29, 0.717) is 0 Å². The van der Waals surface area contributed by atoms with Gasteiger partial charge >= 0.3 is 0 Å². The summed E-state index contributed by atoms with van der Waals surface area (Å²) in [6, 6.07) is 38.4. The number of benzene rings is 5. The lowest BCUT2D eigenvalue weighted by molar-refractivity contribution is 1.58. The average Bonchev–Trinajstić information content (AvgIpc) is 2.74. The fourth-order valence-electron chi connectivity index (χ4n) is 3.79. The van der Waals surface area contributed by atoms with Crippen molar-refractivity contribution in [2.75, 3.05) is 5.32 Å². The van der Waals surface area contributed by atoms with E-state index in [1.807, 2.05) is 6.07 Å². The number of para-hydroxylation sites is 1. The maximum Gasteiger partial charge on any atom is 0.0464 e. The van der Waals surface area contributed by atoms with Crippen molar-refractivity contribution in [3.8, 4) is 11.1 Å². The second-order valence-corrected chi connectivity index (χ2v) is 6.73. The molecule has 0 spiro atoms. The van der Waals surface area contributed by atoms with E-state index < -0.39 is 0 Å². The van der Waals surface area contributed by atoms with Crippen LogP contribution in [0.2, 0.25) is 0 Å². The fraction of sp³-hybridized carbons (Fsp3) is 0.